The quantitative estimate of drug-likeness (QED) is 0.821. The Bertz CT molecular complexity index is 480. The van der Waals surface area contributed by atoms with Gasteiger partial charge in [0, 0.05) is 11.8 Å². The van der Waals surface area contributed by atoms with Crippen molar-refractivity contribution in [3.05, 3.63) is 24.3 Å². The lowest BCUT2D eigenvalue weighted by molar-refractivity contribution is -0.125. The minimum atomic E-state index is -0.557. The molecule has 0 bridgehead atoms. The number of ether oxygens (including phenoxy) is 2. The summed E-state index contributed by atoms with van der Waals surface area (Å²) in [5.74, 6) is -0.358. The molecule has 1 rings (SSSR count). The molecule has 6 nitrogen and oxygen atoms in total. The summed E-state index contributed by atoms with van der Waals surface area (Å²) in [5.41, 5.74) is 5.18. The van der Waals surface area contributed by atoms with Gasteiger partial charge < -0.3 is 20.5 Å². The molecule has 0 aromatic heterocycles. The lowest BCUT2D eigenvalue weighted by Crippen LogP contribution is -2.27. The SMILES string of the molecule is CC(C)(C)OCC(=O)Nc1cccc(OCC(N)=O)c1. The second-order valence-corrected chi connectivity index (χ2v) is 5.23. The van der Waals surface area contributed by atoms with Crippen LogP contribution in [0.1, 0.15) is 20.8 Å². The number of amides is 2. The molecular formula is C14H20N2O4. The number of primary amides is 1. The van der Waals surface area contributed by atoms with Gasteiger partial charge in [-0.3, -0.25) is 9.59 Å². The normalized spacial score (nSPS) is 10.9. The number of nitrogens with two attached hydrogens (primary N) is 1. The van der Waals surface area contributed by atoms with E-state index in [1.54, 1.807) is 24.3 Å². The van der Waals surface area contributed by atoms with Gasteiger partial charge in [0.05, 0.1) is 5.60 Å². The third-order valence-electron chi connectivity index (χ3n) is 2.14. The number of rotatable bonds is 6. The molecule has 0 aliphatic heterocycles. The Morgan fingerprint density at radius 3 is 2.55 bits per heavy atom. The first-order chi connectivity index (χ1) is 9.26. The molecule has 0 aliphatic carbocycles. The van der Waals surface area contributed by atoms with Crippen molar-refractivity contribution in [1.82, 2.24) is 0 Å². The Morgan fingerprint density at radius 1 is 1.25 bits per heavy atom. The van der Waals surface area contributed by atoms with Gasteiger partial charge in [-0.15, -0.1) is 0 Å². The average Bonchev–Trinajstić information content (AvgIpc) is 2.34. The van der Waals surface area contributed by atoms with Crippen LogP contribution in [-0.2, 0) is 14.3 Å². The van der Waals surface area contributed by atoms with Crippen LogP contribution in [0.4, 0.5) is 5.69 Å². The zero-order valence-corrected chi connectivity index (χ0v) is 11.9. The van der Waals surface area contributed by atoms with Crippen LogP contribution < -0.4 is 15.8 Å². The molecule has 0 radical (unpaired) electrons. The maximum atomic E-state index is 11.7. The highest BCUT2D eigenvalue weighted by molar-refractivity contribution is 5.91. The van der Waals surface area contributed by atoms with Crippen LogP contribution in [0.2, 0.25) is 0 Å². The van der Waals surface area contributed by atoms with E-state index in [2.05, 4.69) is 5.32 Å². The van der Waals surface area contributed by atoms with Crippen LogP contribution >= 0.6 is 0 Å². The first kappa shape index (κ1) is 16.0. The van der Waals surface area contributed by atoms with E-state index in [0.717, 1.165) is 0 Å². The van der Waals surface area contributed by atoms with Gasteiger partial charge in [0.25, 0.3) is 5.91 Å². The fraction of sp³-hybridized carbons (Fsp3) is 0.429. The fourth-order valence-electron chi connectivity index (χ4n) is 1.30. The van der Waals surface area contributed by atoms with Crippen molar-refractivity contribution in [2.45, 2.75) is 26.4 Å². The van der Waals surface area contributed by atoms with Gasteiger partial charge in [-0.1, -0.05) is 6.07 Å². The summed E-state index contributed by atoms with van der Waals surface area (Å²) in [4.78, 5) is 22.3. The highest BCUT2D eigenvalue weighted by Gasteiger charge is 2.13. The molecule has 1 aromatic carbocycles. The second kappa shape index (κ2) is 6.91. The maximum Gasteiger partial charge on any atom is 0.255 e. The number of nitrogens with one attached hydrogen (secondary N) is 1. The van der Waals surface area contributed by atoms with Crippen molar-refractivity contribution in [2.24, 2.45) is 5.73 Å². The van der Waals surface area contributed by atoms with Gasteiger partial charge in [0.1, 0.15) is 12.4 Å². The van der Waals surface area contributed by atoms with Gasteiger partial charge in [0.15, 0.2) is 6.61 Å². The highest BCUT2D eigenvalue weighted by Crippen LogP contribution is 2.17. The second-order valence-electron chi connectivity index (χ2n) is 5.23. The molecule has 6 heteroatoms. The zero-order valence-electron chi connectivity index (χ0n) is 11.9. The molecule has 0 heterocycles. The van der Waals surface area contributed by atoms with Crippen molar-refractivity contribution in [2.75, 3.05) is 18.5 Å². The van der Waals surface area contributed by atoms with Crippen molar-refractivity contribution < 1.29 is 19.1 Å². The monoisotopic (exact) mass is 280 g/mol. The van der Waals surface area contributed by atoms with Gasteiger partial charge in [-0.25, -0.2) is 0 Å². The third kappa shape index (κ3) is 6.75. The molecule has 110 valence electrons. The smallest absolute Gasteiger partial charge is 0.255 e. The largest absolute Gasteiger partial charge is 0.484 e. The van der Waals surface area contributed by atoms with E-state index in [4.69, 9.17) is 15.2 Å². The maximum absolute atomic E-state index is 11.7. The van der Waals surface area contributed by atoms with Gasteiger partial charge in [-0.05, 0) is 32.9 Å². The van der Waals surface area contributed by atoms with Crippen LogP contribution in [-0.4, -0.2) is 30.6 Å². The first-order valence-corrected chi connectivity index (χ1v) is 6.21. The topological polar surface area (TPSA) is 90.7 Å². The molecule has 0 saturated heterocycles. The standard InChI is InChI=1S/C14H20N2O4/c1-14(2,3)20-9-13(18)16-10-5-4-6-11(7-10)19-8-12(15)17/h4-7H,8-9H2,1-3H3,(H2,15,17)(H,16,18). The van der Waals surface area contributed by atoms with Gasteiger partial charge in [0.2, 0.25) is 5.91 Å². The first-order valence-electron chi connectivity index (χ1n) is 6.21. The van der Waals surface area contributed by atoms with Crippen molar-refractivity contribution in [3.63, 3.8) is 0 Å². The van der Waals surface area contributed by atoms with Crippen LogP contribution in [0.3, 0.4) is 0 Å². The van der Waals surface area contributed by atoms with Gasteiger partial charge >= 0.3 is 0 Å². The molecule has 2 amide bonds. The molecule has 0 fully saturated rings. The van der Waals surface area contributed by atoms with E-state index in [0.29, 0.717) is 11.4 Å². The number of hydrogen-bond donors (Lipinski definition) is 2. The van der Waals surface area contributed by atoms with Crippen LogP contribution in [0.5, 0.6) is 5.75 Å². The molecular weight excluding hydrogens is 260 g/mol. The van der Waals surface area contributed by atoms with E-state index in [1.807, 2.05) is 20.8 Å². The fourth-order valence-corrected chi connectivity index (χ4v) is 1.30. The lowest BCUT2D eigenvalue weighted by atomic mass is 10.2. The van der Waals surface area contributed by atoms with Gasteiger partial charge in [-0.2, -0.15) is 0 Å². The molecule has 1 aromatic rings. The Morgan fingerprint density at radius 2 is 1.95 bits per heavy atom. The summed E-state index contributed by atoms with van der Waals surface area (Å²) in [6, 6.07) is 6.70. The summed E-state index contributed by atoms with van der Waals surface area (Å²) in [6.45, 7) is 5.39. The Balaban J connectivity index is 2.53. The van der Waals surface area contributed by atoms with Crippen molar-refractivity contribution in [3.8, 4) is 5.75 Å². The highest BCUT2D eigenvalue weighted by atomic mass is 16.5. The Kier molecular flexibility index (Phi) is 5.52. The summed E-state index contributed by atoms with van der Waals surface area (Å²) in [6.07, 6.45) is 0. The lowest BCUT2D eigenvalue weighted by Gasteiger charge is -2.19. The minimum absolute atomic E-state index is 0.0319. The molecule has 0 spiro atoms. The van der Waals surface area contributed by atoms with E-state index in [1.165, 1.54) is 0 Å². The van der Waals surface area contributed by atoms with E-state index in [-0.39, 0.29) is 24.7 Å². The van der Waals surface area contributed by atoms with Crippen molar-refractivity contribution in [1.29, 1.82) is 0 Å². The number of carbonyl (C=O) groups is 2. The molecule has 0 atom stereocenters. The van der Waals surface area contributed by atoms with Crippen molar-refractivity contribution >= 4 is 17.5 Å². The van der Waals surface area contributed by atoms with Crippen LogP contribution in [0.25, 0.3) is 0 Å². The predicted octanol–water partition coefficient (Wildman–Crippen LogP) is 1.30. The summed E-state index contributed by atoms with van der Waals surface area (Å²) in [7, 11) is 0. The number of benzene rings is 1. The number of hydrogen-bond acceptors (Lipinski definition) is 4. The summed E-state index contributed by atoms with van der Waals surface area (Å²) >= 11 is 0. The minimum Gasteiger partial charge on any atom is -0.484 e. The average molecular weight is 280 g/mol. The number of anilines is 1. The summed E-state index contributed by atoms with van der Waals surface area (Å²) < 4.78 is 10.5. The zero-order chi connectivity index (χ0) is 15.2. The van der Waals surface area contributed by atoms with E-state index in [9.17, 15) is 9.59 Å². The predicted molar refractivity (Wildman–Crippen MR) is 75.5 cm³/mol. The molecule has 20 heavy (non-hydrogen) atoms. The van der Waals surface area contributed by atoms with Crippen LogP contribution in [0, 0.1) is 0 Å². The Labute approximate surface area is 118 Å². The molecule has 0 saturated carbocycles. The van der Waals surface area contributed by atoms with Crippen LogP contribution in [0.15, 0.2) is 24.3 Å². The van der Waals surface area contributed by atoms with E-state index < -0.39 is 5.91 Å². The molecule has 0 unspecified atom stereocenters. The molecule has 3 N–H and O–H groups in total. The van der Waals surface area contributed by atoms with E-state index >= 15 is 0 Å². The summed E-state index contributed by atoms with van der Waals surface area (Å²) in [5, 5.41) is 2.68. The third-order valence-corrected chi connectivity index (χ3v) is 2.14. The molecule has 0 aliphatic rings. The Hall–Kier alpha value is -2.08. The number of carbonyl (C=O) groups excluding carboxylic acids is 2.